The van der Waals surface area contributed by atoms with Crippen LogP contribution in [-0.2, 0) is 11.3 Å². The third kappa shape index (κ3) is 4.34. The normalized spacial score (nSPS) is 14.6. The third-order valence-electron chi connectivity index (χ3n) is 5.35. The lowest BCUT2D eigenvalue weighted by Crippen LogP contribution is -2.18. The van der Waals surface area contributed by atoms with Gasteiger partial charge >= 0.3 is 0 Å². The van der Waals surface area contributed by atoms with Crippen LogP contribution in [0.4, 0.5) is 5.69 Å². The van der Waals surface area contributed by atoms with Crippen LogP contribution < -0.4 is 15.4 Å². The van der Waals surface area contributed by atoms with Crippen molar-refractivity contribution < 1.29 is 9.53 Å². The van der Waals surface area contributed by atoms with E-state index in [9.17, 15) is 4.79 Å². The second-order valence-corrected chi connectivity index (χ2v) is 7.54. The second kappa shape index (κ2) is 8.03. The number of nitrogens with one attached hydrogen (secondary N) is 2. The van der Waals surface area contributed by atoms with Gasteiger partial charge < -0.3 is 15.4 Å². The molecule has 4 heteroatoms. The molecule has 0 bridgehead atoms. The van der Waals surface area contributed by atoms with Crippen LogP contribution in [0.1, 0.15) is 36.9 Å². The number of hydrogen-bond acceptors (Lipinski definition) is 3. The molecule has 28 heavy (non-hydrogen) atoms. The van der Waals surface area contributed by atoms with Gasteiger partial charge in [-0.2, -0.15) is 0 Å². The van der Waals surface area contributed by atoms with Crippen molar-refractivity contribution in [2.45, 2.75) is 32.4 Å². The van der Waals surface area contributed by atoms with E-state index < -0.39 is 0 Å². The molecule has 4 nitrogen and oxygen atoms in total. The van der Waals surface area contributed by atoms with Gasteiger partial charge in [0.15, 0.2) is 0 Å². The zero-order valence-corrected chi connectivity index (χ0v) is 16.4. The van der Waals surface area contributed by atoms with E-state index in [1.54, 1.807) is 7.11 Å². The fourth-order valence-corrected chi connectivity index (χ4v) is 3.34. The van der Waals surface area contributed by atoms with Gasteiger partial charge in [0.05, 0.1) is 7.11 Å². The zero-order valence-electron chi connectivity index (χ0n) is 16.4. The number of carbonyl (C=O) groups excluding carboxylic acids is 1. The zero-order chi connectivity index (χ0) is 19.5. The molecule has 0 radical (unpaired) electrons. The number of anilines is 1. The number of rotatable bonds is 7. The Morgan fingerprint density at radius 3 is 2.46 bits per heavy atom. The highest BCUT2D eigenvalue weighted by molar-refractivity contribution is 5.94. The van der Waals surface area contributed by atoms with Crippen LogP contribution >= 0.6 is 0 Å². The second-order valence-electron chi connectivity index (χ2n) is 7.54. The lowest BCUT2D eigenvalue weighted by atomic mass is 10.1. The number of amides is 1. The Labute approximate surface area is 165 Å². The van der Waals surface area contributed by atoms with Gasteiger partial charge in [-0.1, -0.05) is 30.3 Å². The summed E-state index contributed by atoms with van der Waals surface area (Å²) >= 11 is 0. The summed E-state index contributed by atoms with van der Waals surface area (Å²) in [6.07, 6.45) is 2.04. The number of hydrogen-bond donors (Lipinski definition) is 2. The van der Waals surface area contributed by atoms with E-state index in [0.29, 0.717) is 0 Å². The molecule has 1 atom stereocenters. The molecule has 0 unspecified atom stereocenters. The Kier molecular flexibility index (Phi) is 5.31. The van der Waals surface area contributed by atoms with Gasteiger partial charge in [-0.15, -0.1) is 0 Å². The van der Waals surface area contributed by atoms with Crippen LogP contribution in [0.2, 0.25) is 0 Å². The van der Waals surface area contributed by atoms with Crippen LogP contribution in [0.5, 0.6) is 5.75 Å². The predicted octanol–water partition coefficient (Wildman–Crippen LogP) is 5.05. The summed E-state index contributed by atoms with van der Waals surface area (Å²) in [5, 5.41) is 8.96. The Hall–Kier alpha value is -2.85. The first-order valence-electron chi connectivity index (χ1n) is 9.83. The predicted molar refractivity (Wildman–Crippen MR) is 114 cm³/mol. The Bertz CT molecular complexity index is 978. The van der Waals surface area contributed by atoms with Gasteiger partial charge in [0, 0.05) is 24.2 Å². The highest BCUT2D eigenvalue weighted by Crippen LogP contribution is 2.30. The van der Waals surface area contributed by atoms with E-state index in [-0.39, 0.29) is 17.9 Å². The van der Waals surface area contributed by atoms with Crippen molar-refractivity contribution in [3.8, 4) is 5.75 Å². The monoisotopic (exact) mass is 374 g/mol. The van der Waals surface area contributed by atoms with E-state index >= 15 is 0 Å². The van der Waals surface area contributed by atoms with E-state index in [4.69, 9.17) is 4.74 Å². The van der Waals surface area contributed by atoms with Gasteiger partial charge in [0.1, 0.15) is 5.75 Å². The van der Waals surface area contributed by atoms with Crippen molar-refractivity contribution in [2.24, 2.45) is 5.92 Å². The smallest absolute Gasteiger partial charge is 0.227 e. The topological polar surface area (TPSA) is 50.4 Å². The van der Waals surface area contributed by atoms with Crippen molar-refractivity contribution in [1.82, 2.24) is 5.32 Å². The minimum Gasteiger partial charge on any atom is -0.497 e. The Morgan fingerprint density at radius 2 is 1.75 bits per heavy atom. The summed E-state index contributed by atoms with van der Waals surface area (Å²) in [4.78, 5) is 11.9. The molecule has 3 aromatic rings. The fourth-order valence-electron chi connectivity index (χ4n) is 3.34. The average molecular weight is 374 g/mol. The van der Waals surface area contributed by atoms with Crippen molar-refractivity contribution in [3.63, 3.8) is 0 Å². The summed E-state index contributed by atoms with van der Waals surface area (Å²) in [6, 6.07) is 21.0. The summed E-state index contributed by atoms with van der Waals surface area (Å²) in [5.41, 5.74) is 3.32. The molecule has 1 fully saturated rings. The maximum atomic E-state index is 11.9. The van der Waals surface area contributed by atoms with E-state index in [2.05, 4.69) is 60.0 Å². The van der Waals surface area contributed by atoms with Crippen molar-refractivity contribution in [2.75, 3.05) is 12.4 Å². The van der Waals surface area contributed by atoms with Crippen molar-refractivity contribution >= 4 is 22.4 Å². The molecular formula is C24H26N2O2. The Morgan fingerprint density at radius 1 is 1.04 bits per heavy atom. The molecule has 0 aromatic heterocycles. The van der Waals surface area contributed by atoms with Crippen molar-refractivity contribution in [1.29, 1.82) is 0 Å². The van der Waals surface area contributed by atoms with Gasteiger partial charge in [0.25, 0.3) is 0 Å². The molecule has 0 spiro atoms. The van der Waals surface area contributed by atoms with E-state index in [1.807, 2.05) is 18.2 Å². The first-order valence-corrected chi connectivity index (χ1v) is 9.83. The molecule has 4 rings (SSSR count). The molecular weight excluding hydrogens is 348 g/mol. The summed E-state index contributed by atoms with van der Waals surface area (Å²) in [5.74, 6) is 1.25. The molecule has 0 aliphatic heterocycles. The minimum atomic E-state index is 0.146. The third-order valence-corrected chi connectivity index (χ3v) is 5.35. The SMILES string of the molecule is COc1ccc2cc(CN[C@@H](C)c3ccc(NC(=O)C4CC4)cc3)ccc2c1. The van der Waals surface area contributed by atoms with Crippen LogP contribution in [0.25, 0.3) is 10.8 Å². The molecule has 1 amide bonds. The van der Waals surface area contributed by atoms with Crippen LogP contribution in [0.15, 0.2) is 60.7 Å². The average Bonchev–Trinajstić information content (AvgIpc) is 3.57. The molecule has 1 aliphatic rings. The first kappa shape index (κ1) is 18.5. The standard InChI is InChI=1S/C24H26N2O2/c1-16(18-7-10-22(11-8-18)26-24(27)19-5-6-19)25-15-17-3-4-21-14-23(28-2)12-9-20(21)13-17/h3-4,7-14,16,19,25H,5-6,15H2,1-2H3,(H,26,27)/t16-/m0/s1. The molecule has 1 aliphatic carbocycles. The first-order chi connectivity index (χ1) is 13.6. The van der Waals surface area contributed by atoms with Gasteiger partial charge in [-0.05, 0) is 72.0 Å². The molecule has 144 valence electrons. The minimum absolute atomic E-state index is 0.146. The van der Waals surface area contributed by atoms with Gasteiger partial charge in [-0.25, -0.2) is 0 Å². The van der Waals surface area contributed by atoms with E-state index in [0.717, 1.165) is 30.8 Å². The summed E-state index contributed by atoms with van der Waals surface area (Å²) in [7, 11) is 1.69. The van der Waals surface area contributed by atoms with Crippen LogP contribution in [-0.4, -0.2) is 13.0 Å². The summed E-state index contributed by atoms with van der Waals surface area (Å²) in [6.45, 7) is 2.95. The van der Waals surface area contributed by atoms with Crippen LogP contribution in [0, 0.1) is 5.92 Å². The largest absolute Gasteiger partial charge is 0.497 e. The van der Waals surface area contributed by atoms with Gasteiger partial charge in [-0.3, -0.25) is 4.79 Å². The lowest BCUT2D eigenvalue weighted by Gasteiger charge is -2.15. The molecule has 3 aromatic carbocycles. The molecule has 2 N–H and O–H groups in total. The number of ether oxygens (including phenoxy) is 1. The van der Waals surface area contributed by atoms with Crippen LogP contribution in [0.3, 0.4) is 0 Å². The lowest BCUT2D eigenvalue weighted by molar-refractivity contribution is -0.117. The molecule has 0 heterocycles. The van der Waals surface area contributed by atoms with E-state index in [1.165, 1.54) is 21.9 Å². The number of methoxy groups -OCH3 is 1. The fraction of sp³-hybridized carbons (Fsp3) is 0.292. The molecule has 1 saturated carbocycles. The number of carbonyl (C=O) groups is 1. The maximum absolute atomic E-state index is 11.9. The van der Waals surface area contributed by atoms with Crippen molar-refractivity contribution in [3.05, 3.63) is 71.8 Å². The highest BCUT2D eigenvalue weighted by atomic mass is 16.5. The Balaban J connectivity index is 1.36. The number of benzene rings is 3. The molecule has 0 saturated heterocycles. The number of fused-ring (bicyclic) bond motifs is 1. The quantitative estimate of drug-likeness (QED) is 0.609. The summed E-state index contributed by atoms with van der Waals surface area (Å²) < 4.78 is 5.29. The maximum Gasteiger partial charge on any atom is 0.227 e. The highest BCUT2D eigenvalue weighted by Gasteiger charge is 2.29. The van der Waals surface area contributed by atoms with Gasteiger partial charge in [0.2, 0.25) is 5.91 Å².